The second kappa shape index (κ2) is 2.71. The molecule has 1 aromatic rings. The molecule has 0 saturated carbocycles. The third-order valence-corrected chi connectivity index (χ3v) is 2.06. The van der Waals surface area contributed by atoms with Crippen LogP contribution in [0.5, 0.6) is 0 Å². The van der Waals surface area contributed by atoms with E-state index in [1.807, 2.05) is 6.20 Å². The van der Waals surface area contributed by atoms with Crippen molar-refractivity contribution in [1.29, 1.82) is 0 Å². The average Bonchev–Trinajstić information content (AvgIpc) is 2.04. The largest absolute Gasteiger partial charge is 0.334 e. The molecular weight excluding hydrogens is 158 g/mol. The molecule has 0 fully saturated rings. The molecule has 0 bridgehead atoms. The Balaban J connectivity index is 2.51. The Bertz CT molecular complexity index is 318. The first-order chi connectivity index (χ1) is 5.36. The first-order valence-electron chi connectivity index (χ1n) is 3.64. The van der Waals surface area contributed by atoms with Gasteiger partial charge in [-0.05, 0) is 12.2 Å². The molecule has 2 N–H and O–H groups in total. The zero-order valence-electron chi connectivity index (χ0n) is 6.05. The van der Waals surface area contributed by atoms with Crippen molar-refractivity contribution >= 4 is 12.2 Å². The molecule has 11 heavy (non-hydrogen) atoms. The standard InChI is InChI=1S/C7H9N3S/c11-7-9-4-5-3-8-2-1-6(5)10-7/h4,8H,1-3H2,(H,9,10,11). The molecule has 2 rings (SSSR count). The summed E-state index contributed by atoms with van der Waals surface area (Å²) < 4.78 is 0.589. The van der Waals surface area contributed by atoms with E-state index < -0.39 is 0 Å². The van der Waals surface area contributed by atoms with Crippen LogP contribution in [0.4, 0.5) is 0 Å². The van der Waals surface area contributed by atoms with Crippen molar-refractivity contribution in [2.24, 2.45) is 0 Å². The number of H-pyrrole nitrogens is 1. The molecule has 0 unspecified atom stereocenters. The molecule has 0 aromatic carbocycles. The zero-order chi connectivity index (χ0) is 7.68. The van der Waals surface area contributed by atoms with Crippen LogP contribution in [0, 0.1) is 4.77 Å². The summed E-state index contributed by atoms with van der Waals surface area (Å²) in [4.78, 5) is 7.10. The summed E-state index contributed by atoms with van der Waals surface area (Å²) in [5.74, 6) is 0. The number of nitrogens with one attached hydrogen (secondary N) is 2. The molecule has 2 heterocycles. The van der Waals surface area contributed by atoms with Crippen molar-refractivity contribution in [3.8, 4) is 0 Å². The van der Waals surface area contributed by atoms with E-state index in [9.17, 15) is 0 Å². The van der Waals surface area contributed by atoms with E-state index in [2.05, 4.69) is 15.3 Å². The minimum absolute atomic E-state index is 0.589. The molecule has 1 aliphatic heterocycles. The summed E-state index contributed by atoms with van der Waals surface area (Å²) in [5, 5.41) is 3.27. The molecule has 0 radical (unpaired) electrons. The van der Waals surface area contributed by atoms with Crippen molar-refractivity contribution in [2.45, 2.75) is 13.0 Å². The minimum Gasteiger partial charge on any atom is -0.334 e. The van der Waals surface area contributed by atoms with E-state index in [0.29, 0.717) is 4.77 Å². The van der Waals surface area contributed by atoms with Gasteiger partial charge in [-0.15, -0.1) is 0 Å². The second-order valence-corrected chi connectivity index (χ2v) is 3.01. The van der Waals surface area contributed by atoms with Crippen LogP contribution >= 0.6 is 12.2 Å². The number of fused-ring (bicyclic) bond motifs is 1. The second-order valence-electron chi connectivity index (χ2n) is 2.62. The molecule has 0 atom stereocenters. The van der Waals surface area contributed by atoms with Crippen LogP contribution in [0.25, 0.3) is 0 Å². The van der Waals surface area contributed by atoms with Gasteiger partial charge in [0.2, 0.25) is 0 Å². The van der Waals surface area contributed by atoms with E-state index in [-0.39, 0.29) is 0 Å². The summed E-state index contributed by atoms with van der Waals surface area (Å²) >= 11 is 4.91. The highest BCUT2D eigenvalue weighted by Crippen LogP contribution is 2.07. The highest BCUT2D eigenvalue weighted by Gasteiger charge is 2.07. The molecule has 0 amide bonds. The predicted octanol–water partition coefficient (Wildman–Crippen LogP) is 0.785. The van der Waals surface area contributed by atoms with E-state index in [0.717, 1.165) is 19.5 Å². The lowest BCUT2D eigenvalue weighted by Crippen LogP contribution is -2.24. The molecule has 0 saturated heterocycles. The summed E-state index contributed by atoms with van der Waals surface area (Å²) in [6, 6.07) is 0. The summed E-state index contributed by atoms with van der Waals surface area (Å²) in [7, 11) is 0. The highest BCUT2D eigenvalue weighted by atomic mass is 32.1. The molecule has 58 valence electrons. The van der Waals surface area contributed by atoms with E-state index in [4.69, 9.17) is 12.2 Å². The van der Waals surface area contributed by atoms with E-state index in [1.165, 1.54) is 11.3 Å². The van der Waals surface area contributed by atoms with Crippen LogP contribution in [0.15, 0.2) is 6.20 Å². The van der Waals surface area contributed by atoms with Gasteiger partial charge >= 0.3 is 0 Å². The quantitative estimate of drug-likeness (QED) is 0.561. The Labute approximate surface area is 69.9 Å². The predicted molar refractivity (Wildman–Crippen MR) is 44.8 cm³/mol. The fraction of sp³-hybridized carbons (Fsp3) is 0.429. The van der Waals surface area contributed by atoms with E-state index in [1.54, 1.807) is 0 Å². The minimum atomic E-state index is 0.589. The zero-order valence-corrected chi connectivity index (χ0v) is 6.87. The van der Waals surface area contributed by atoms with Gasteiger partial charge in [0.05, 0.1) is 0 Å². The van der Waals surface area contributed by atoms with Gasteiger partial charge in [0.25, 0.3) is 0 Å². The van der Waals surface area contributed by atoms with Gasteiger partial charge in [-0.25, -0.2) is 4.98 Å². The number of rotatable bonds is 0. The number of aromatic amines is 1. The summed E-state index contributed by atoms with van der Waals surface area (Å²) in [5.41, 5.74) is 2.48. The Morgan fingerprint density at radius 1 is 1.55 bits per heavy atom. The van der Waals surface area contributed by atoms with Gasteiger partial charge in [-0.2, -0.15) is 0 Å². The van der Waals surface area contributed by atoms with Crippen LogP contribution in [-0.2, 0) is 13.0 Å². The number of hydrogen-bond donors (Lipinski definition) is 2. The highest BCUT2D eigenvalue weighted by molar-refractivity contribution is 7.71. The Hall–Kier alpha value is -0.740. The Kier molecular flexibility index (Phi) is 1.71. The molecule has 1 aromatic heterocycles. The first-order valence-corrected chi connectivity index (χ1v) is 4.05. The lowest BCUT2D eigenvalue weighted by Gasteiger charge is -2.15. The molecule has 4 heteroatoms. The monoisotopic (exact) mass is 167 g/mol. The maximum absolute atomic E-state index is 4.91. The van der Waals surface area contributed by atoms with Crippen LogP contribution in [-0.4, -0.2) is 16.5 Å². The number of nitrogens with zero attached hydrogens (tertiary/aromatic N) is 1. The van der Waals surface area contributed by atoms with Crippen molar-refractivity contribution in [3.05, 3.63) is 22.2 Å². The lowest BCUT2D eigenvalue weighted by atomic mass is 10.1. The van der Waals surface area contributed by atoms with Gasteiger partial charge < -0.3 is 10.3 Å². The molecule has 3 nitrogen and oxygen atoms in total. The van der Waals surface area contributed by atoms with Gasteiger partial charge in [-0.3, -0.25) is 0 Å². The lowest BCUT2D eigenvalue weighted by molar-refractivity contribution is 0.624. The number of hydrogen-bond acceptors (Lipinski definition) is 3. The van der Waals surface area contributed by atoms with Crippen LogP contribution in [0.2, 0.25) is 0 Å². The van der Waals surface area contributed by atoms with Gasteiger partial charge in [0.15, 0.2) is 4.77 Å². The SMILES string of the molecule is S=c1ncc2c([nH]1)CCNC2. The van der Waals surface area contributed by atoms with Crippen molar-refractivity contribution in [3.63, 3.8) is 0 Å². The maximum Gasteiger partial charge on any atom is 0.196 e. The third kappa shape index (κ3) is 1.32. The first kappa shape index (κ1) is 6.94. The average molecular weight is 167 g/mol. The Morgan fingerprint density at radius 2 is 2.45 bits per heavy atom. The van der Waals surface area contributed by atoms with E-state index >= 15 is 0 Å². The normalized spacial score (nSPS) is 16.0. The summed E-state index contributed by atoms with van der Waals surface area (Å²) in [6.07, 6.45) is 2.88. The number of aromatic nitrogens is 2. The molecule has 0 spiro atoms. The fourth-order valence-corrected chi connectivity index (χ4v) is 1.44. The van der Waals surface area contributed by atoms with Crippen LogP contribution in [0.3, 0.4) is 0 Å². The topological polar surface area (TPSA) is 40.7 Å². The van der Waals surface area contributed by atoms with Gasteiger partial charge in [0.1, 0.15) is 0 Å². The third-order valence-electron chi connectivity index (χ3n) is 1.85. The van der Waals surface area contributed by atoms with Gasteiger partial charge in [-0.1, -0.05) is 0 Å². The maximum atomic E-state index is 4.91. The van der Waals surface area contributed by atoms with Gasteiger partial charge in [0, 0.05) is 37.0 Å². The van der Waals surface area contributed by atoms with Crippen LogP contribution in [0.1, 0.15) is 11.3 Å². The van der Waals surface area contributed by atoms with Crippen molar-refractivity contribution in [1.82, 2.24) is 15.3 Å². The Morgan fingerprint density at radius 3 is 3.36 bits per heavy atom. The fourth-order valence-electron chi connectivity index (χ4n) is 1.27. The molecule has 0 aliphatic carbocycles. The van der Waals surface area contributed by atoms with Crippen molar-refractivity contribution in [2.75, 3.05) is 6.54 Å². The van der Waals surface area contributed by atoms with Crippen LogP contribution < -0.4 is 5.32 Å². The summed E-state index contributed by atoms with van der Waals surface area (Å²) in [6.45, 7) is 1.94. The molecular formula is C7H9N3S. The molecule has 1 aliphatic rings. The smallest absolute Gasteiger partial charge is 0.196 e. The van der Waals surface area contributed by atoms with Crippen molar-refractivity contribution < 1.29 is 0 Å².